The first kappa shape index (κ1) is 8.81. The van der Waals surface area contributed by atoms with E-state index in [1.807, 2.05) is 24.3 Å². The molecule has 1 N–H and O–H groups in total. The van der Waals surface area contributed by atoms with Crippen LogP contribution in [0.15, 0.2) is 30.5 Å². The zero-order valence-electron chi connectivity index (χ0n) is 7.95. The molecule has 1 aromatic heterocycles. The predicted molar refractivity (Wildman–Crippen MR) is 55.4 cm³/mol. The Hall–Kier alpha value is -1.77. The van der Waals surface area contributed by atoms with Crippen molar-refractivity contribution in [2.75, 3.05) is 0 Å². The van der Waals surface area contributed by atoms with Gasteiger partial charge in [0.05, 0.1) is 5.69 Å². The molecule has 1 amide bonds. The molecule has 0 fully saturated rings. The van der Waals surface area contributed by atoms with Crippen LogP contribution in [0.4, 0.5) is 5.69 Å². The molecule has 0 unspecified atom stereocenters. The zero-order valence-corrected chi connectivity index (χ0v) is 7.95. The number of amides is 1. The average molecular weight is 187 g/mol. The number of nitrogens with one attached hydrogen (secondary N) is 1. The Kier molecular flexibility index (Phi) is 2.23. The van der Waals surface area contributed by atoms with Crippen LogP contribution in [0.25, 0.3) is 10.9 Å². The number of nitrogens with zero attached hydrogens (tertiary/aromatic N) is 1. The summed E-state index contributed by atoms with van der Waals surface area (Å²) in [6.07, 6.45) is 2.21. The third-order valence-corrected chi connectivity index (χ3v) is 2.12. The lowest BCUT2D eigenvalue weighted by Gasteiger charge is -1.96. The molecule has 71 valence electrons. The molecule has 0 atom stereocenters. The average Bonchev–Trinajstić information content (AvgIpc) is 2.62. The fourth-order valence-corrected chi connectivity index (χ4v) is 1.36. The minimum Gasteiger partial charge on any atom is -0.359 e. The summed E-state index contributed by atoms with van der Waals surface area (Å²) in [6, 6.07) is 7.80. The van der Waals surface area contributed by atoms with Gasteiger partial charge in [-0.1, -0.05) is 25.1 Å². The quantitative estimate of drug-likeness (QED) is 0.770. The van der Waals surface area contributed by atoms with Gasteiger partial charge in [-0.3, -0.25) is 4.79 Å². The third-order valence-electron chi connectivity index (χ3n) is 2.12. The maximum atomic E-state index is 11.1. The minimum atomic E-state index is -0.0882. The van der Waals surface area contributed by atoms with Gasteiger partial charge in [-0.15, -0.1) is 0 Å². The van der Waals surface area contributed by atoms with Crippen molar-refractivity contribution in [1.82, 2.24) is 10.3 Å². The summed E-state index contributed by atoms with van der Waals surface area (Å²) in [7, 11) is 0. The molecule has 1 radical (unpaired) electrons. The van der Waals surface area contributed by atoms with Crippen LogP contribution in [0.2, 0.25) is 0 Å². The molecule has 3 heteroatoms. The molecule has 1 heterocycles. The number of hydrogen-bond acceptors (Lipinski definition) is 1. The molecule has 0 bridgehead atoms. The number of fused-ring (bicyclic) bond motifs is 1. The number of carbonyl (C=O) groups is 1. The van der Waals surface area contributed by atoms with E-state index < -0.39 is 0 Å². The molecule has 1 aromatic carbocycles. The maximum Gasteiger partial charge on any atom is 0.246 e. The Balaban J connectivity index is 2.38. The largest absolute Gasteiger partial charge is 0.359 e. The highest BCUT2D eigenvalue weighted by molar-refractivity contribution is 5.95. The fourth-order valence-electron chi connectivity index (χ4n) is 1.36. The van der Waals surface area contributed by atoms with Crippen LogP contribution >= 0.6 is 0 Å². The van der Waals surface area contributed by atoms with Crippen molar-refractivity contribution in [2.24, 2.45) is 0 Å². The van der Waals surface area contributed by atoms with Crippen molar-refractivity contribution in [3.05, 3.63) is 30.5 Å². The van der Waals surface area contributed by atoms with E-state index in [0.717, 1.165) is 16.6 Å². The lowest BCUT2D eigenvalue weighted by Crippen LogP contribution is -2.07. The van der Waals surface area contributed by atoms with Gasteiger partial charge in [-0.25, -0.2) is 5.32 Å². The number of benzene rings is 1. The van der Waals surface area contributed by atoms with Gasteiger partial charge in [-0.05, 0) is 6.07 Å². The lowest BCUT2D eigenvalue weighted by atomic mass is 10.2. The number of rotatable bonds is 2. The van der Waals surface area contributed by atoms with Crippen molar-refractivity contribution in [3.8, 4) is 0 Å². The zero-order chi connectivity index (χ0) is 9.97. The van der Waals surface area contributed by atoms with Crippen LogP contribution in [0.1, 0.15) is 13.3 Å². The van der Waals surface area contributed by atoms with Crippen molar-refractivity contribution in [3.63, 3.8) is 0 Å². The second kappa shape index (κ2) is 3.54. The van der Waals surface area contributed by atoms with Crippen LogP contribution in [-0.4, -0.2) is 10.9 Å². The van der Waals surface area contributed by atoms with E-state index in [2.05, 4.69) is 10.3 Å². The van der Waals surface area contributed by atoms with Crippen molar-refractivity contribution in [2.45, 2.75) is 13.3 Å². The van der Waals surface area contributed by atoms with E-state index in [9.17, 15) is 4.79 Å². The molecule has 0 saturated carbocycles. The monoisotopic (exact) mass is 187 g/mol. The normalized spacial score (nSPS) is 10.4. The number of aromatic nitrogens is 1. The summed E-state index contributed by atoms with van der Waals surface area (Å²) in [5, 5.41) is 4.99. The number of carbonyl (C=O) groups excluding carboxylic acids is 1. The van der Waals surface area contributed by atoms with E-state index in [-0.39, 0.29) is 5.91 Å². The molecule has 0 spiro atoms. The molecular formula is C11H11N2O. The maximum absolute atomic E-state index is 11.1. The molecule has 2 rings (SSSR count). The second-order valence-electron chi connectivity index (χ2n) is 3.08. The molecular weight excluding hydrogens is 176 g/mol. The first-order valence-corrected chi connectivity index (χ1v) is 4.62. The fraction of sp³-hybridized carbons (Fsp3) is 0.182. The number of H-pyrrole nitrogens is 1. The second-order valence-corrected chi connectivity index (χ2v) is 3.08. The molecule has 0 aliphatic rings. The first-order chi connectivity index (χ1) is 6.81. The highest BCUT2D eigenvalue weighted by Crippen LogP contribution is 2.22. The molecule has 0 aliphatic heterocycles. The van der Waals surface area contributed by atoms with Crippen LogP contribution in [0, 0.1) is 0 Å². The summed E-state index contributed by atoms with van der Waals surface area (Å²) in [4.78, 5) is 14.2. The molecule has 0 saturated heterocycles. The van der Waals surface area contributed by atoms with Crippen LogP contribution < -0.4 is 5.32 Å². The van der Waals surface area contributed by atoms with Gasteiger partial charge in [0.2, 0.25) is 5.91 Å². The summed E-state index contributed by atoms with van der Waals surface area (Å²) >= 11 is 0. The van der Waals surface area contributed by atoms with Gasteiger partial charge in [0.25, 0.3) is 0 Å². The van der Waals surface area contributed by atoms with Gasteiger partial charge in [0, 0.05) is 23.5 Å². The molecule has 3 nitrogen and oxygen atoms in total. The van der Waals surface area contributed by atoms with Gasteiger partial charge in [0.15, 0.2) is 0 Å². The first-order valence-electron chi connectivity index (χ1n) is 4.62. The predicted octanol–water partition coefficient (Wildman–Crippen LogP) is 2.34. The summed E-state index contributed by atoms with van der Waals surface area (Å²) in [5.41, 5.74) is 1.74. The third kappa shape index (κ3) is 1.48. The van der Waals surface area contributed by atoms with Crippen molar-refractivity contribution >= 4 is 22.5 Å². The Morgan fingerprint density at radius 3 is 3.00 bits per heavy atom. The highest BCUT2D eigenvalue weighted by Gasteiger charge is 2.06. The van der Waals surface area contributed by atoms with Crippen LogP contribution in [-0.2, 0) is 4.79 Å². The van der Waals surface area contributed by atoms with Gasteiger partial charge < -0.3 is 4.98 Å². The van der Waals surface area contributed by atoms with Gasteiger partial charge >= 0.3 is 0 Å². The summed E-state index contributed by atoms with van der Waals surface area (Å²) in [6.45, 7) is 1.81. The molecule has 14 heavy (non-hydrogen) atoms. The Labute approximate surface area is 82.1 Å². The number of aromatic amines is 1. The Morgan fingerprint density at radius 1 is 1.43 bits per heavy atom. The van der Waals surface area contributed by atoms with Crippen molar-refractivity contribution in [1.29, 1.82) is 0 Å². The van der Waals surface area contributed by atoms with E-state index >= 15 is 0 Å². The molecule has 2 aromatic rings. The number of para-hydroxylation sites is 1. The highest BCUT2D eigenvalue weighted by atomic mass is 16.1. The Bertz CT molecular complexity index is 459. The Morgan fingerprint density at radius 2 is 2.21 bits per heavy atom. The lowest BCUT2D eigenvalue weighted by molar-refractivity contribution is -0.119. The summed E-state index contributed by atoms with van der Waals surface area (Å²) < 4.78 is 0. The van der Waals surface area contributed by atoms with Crippen LogP contribution in [0.5, 0.6) is 0 Å². The van der Waals surface area contributed by atoms with Gasteiger partial charge in [0.1, 0.15) is 0 Å². The smallest absolute Gasteiger partial charge is 0.246 e. The van der Waals surface area contributed by atoms with Crippen LogP contribution in [0.3, 0.4) is 0 Å². The minimum absolute atomic E-state index is 0.0882. The van der Waals surface area contributed by atoms with E-state index in [0.29, 0.717) is 6.42 Å². The summed E-state index contributed by atoms with van der Waals surface area (Å²) in [5.74, 6) is -0.0882. The topological polar surface area (TPSA) is 47.0 Å². The van der Waals surface area contributed by atoms with Gasteiger partial charge in [-0.2, -0.15) is 0 Å². The number of hydrogen-bond donors (Lipinski definition) is 1. The van der Waals surface area contributed by atoms with E-state index in [1.165, 1.54) is 0 Å². The van der Waals surface area contributed by atoms with E-state index in [4.69, 9.17) is 0 Å². The van der Waals surface area contributed by atoms with Crippen molar-refractivity contribution < 1.29 is 4.79 Å². The standard InChI is InChI=1S/C11H11N2O/c1-2-11(14)13-10-7-12-9-6-4-3-5-8(9)10/h3-7,12H,2H2,1H3. The van der Waals surface area contributed by atoms with E-state index in [1.54, 1.807) is 13.1 Å². The SMILES string of the molecule is CCC(=O)[N]c1c[nH]c2ccccc12. The molecule has 0 aliphatic carbocycles.